The van der Waals surface area contributed by atoms with Crippen molar-refractivity contribution in [3.8, 4) is 0 Å². The summed E-state index contributed by atoms with van der Waals surface area (Å²) in [4.78, 5) is 20.2. The zero-order chi connectivity index (χ0) is 28.3. The van der Waals surface area contributed by atoms with Gasteiger partial charge in [0.05, 0.1) is 5.92 Å². The Morgan fingerprint density at radius 1 is 1.05 bits per heavy atom. The van der Waals surface area contributed by atoms with E-state index in [1.807, 2.05) is 0 Å². The number of benzene rings is 1. The van der Waals surface area contributed by atoms with Crippen molar-refractivity contribution in [2.75, 3.05) is 21.1 Å². The molecular weight excluding hydrogens is 554 g/mol. The highest BCUT2D eigenvalue weighted by Crippen LogP contribution is 2.37. The van der Waals surface area contributed by atoms with E-state index in [1.54, 1.807) is 18.6 Å². The van der Waals surface area contributed by atoms with E-state index in [-0.39, 0.29) is 36.7 Å². The molecule has 16 heteroatoms. The average molecular weight is 585 g/mol. The lowest BCUT2D eigenvalue weighted by atomic mass is 10.0. The number of sulfonamides is 1. The maximum absolute atomic E-state index is 13.6. The fourth-order valence-electron chi connectivity index (χ4n) is 3.96. The molecule has 1 aliphatic rings. The van der Waals surface area contributed by atoms with Crippen LogP contribution in [0.25, 0.3) is 0 Å². The summed E-state index contributed by atoms with van der Waals surface area (Å²) in [5.41, 5.74) is -1.04. The Morgan fingerprint density at radius 2 is 1.67 bits per heavy atom. The highest BCUT2D eigenvalue weighted by atomic mass is 32.2. The smallest absolute Gasteiger partial charge is 0.366 e. The van der Waals surface area contributed by atoms with E-state index in [0.717, 1.165) is 12.1 Å². The predicted molar refractivity (Wildman–Crippen MR) is 135 cm³/mol. The van der Waals surface area contributed by atoms with Crippen molar-refractivity contribution in [2.45, 2.75) is 65.0 Å². The van der Waals surface area contributed by atoms with Crippen LogP contribution in [-0.4, -0.2) is 48.3 Å². The Morgan fingerprint density at radius 3 is 2.23 bits per heavy atom. The van der Waals surface area contributed by atoms with Gasteiger partial charge in [-0.05, 0) is 51.0 Å². The van der Waals surface area contributed by atoms with Crippen LogP contribution in [0, 0.1) is 5.92 Å². The van der Waals surface area contributed by atoms with Gasteiger partial charge in [-0.2, -0.15) is 31.3 Å². The predicted octanol–water partition coefficient (Wildman–Crippen LogP) is 5.28. The summed E-state index contributed by atoms with van der Waals surface area (Å²) in [6.07, 6.45) is -7.49. The van der Waals surface area contributed by atoms with Gasteiger partial charge in [0.15, 0.2) is 5.75 Å². The van der Waals surface area contributed by atoms with E-state index in [1.165, 1.54) is 12.1 Å². The highest BCUT2D eigenvalue weighted by molar-refractivity contribution is 7.92. The number of carbonyl (C=O) groups excluding carboxylic acids is 1. The first-order chi connectivity index (χ1) is 17.5. The van der Waals surface area contributed by atoms with Crippen LogP contribution in [0.5, 0.6) is 0 Å². The molecule has 0 aliphatic heterocycles. The van der Waals surface area contributed by atoms with E-state index in [2.05, 4.69) is 25.9 Å². The molecule has 2 atom stereocenters. The van der Waals surface area contributed by atoms with E-state index < -0.39 is 51.5 Å². The summed E-state index contributed by atoms with van der Waals surface area (Å²) in [5.74, 6) is -3.61. The number of carbonyl (C=O) groups is 1. The fraction of sp³-hybridized carbons (Fsp3) is 0.522. The molecule has 0 spiro atoms. The molecule has 1 aromatic carbocycles. The summed E-state index contributed by atoms with van der Waals surface area (Å²) in [6, 6.07) is 4.18. The van der Waals surface area contributed by atoms with Crippen molar-refractivity contribution in [1.82, 2.24) is 15.3 Å². The molecule has 0 unspecified atom stereocenters. The zero-order valence-electron chi connectivity index (χ0n) is 20.2. The summed E-state index contributed by atoms with van der Waals surface area (Å²) in [7, 11) is -4.68. The molecule has 1 saturated carbocycles. The summed E-state index contributed by atoms with van der Waals surface area (Å²) >= 11 is 0. The second-order valence-corrected chi connectivity index (χ2v) is 10.8. The van der Waals surface area contributed by atoms with E-state index >= 15 is 0 Å². The monoisotopic (exact) mass is 584 g/mol. The van der Waals surface area contributed by atoms with E-state index in [0.29, 0.717) is 25.5 Å². The standard InChI is InChI=1S/C22H26F6N6O3S.CH4/c1-12(2)30-19(35)15-4-3-5-17(15)32-18-16(22(26,27)28)10-29-20(33-18)31-13-6-8-14(9-7-13)34-38(36,37)11-21(23,24)25;/h6-10,12,15,17,34H,3-5,11H2,1-2H3,(H,30,35)(H2,29,31,32,33);1H4/t15-,17+;/m0./s1. The normalized spacial score (nSPS) is 17.9. The minimum Gasteiger partial charge on any atom is -0.366 e. The summed E-state index contributed by atoms with van der Waals surface area (Å²) in [5, 5.41) is 8.20. The molecule has 1 aromatic heterocycles. The van der Waals surface area contributed by atoms with E-state index in [9.17, 15) is 39.6 Å². The average Bonchev–Trinajstić information content (AvgIpc) is 3.20. The Balaban J connectivity index is 0.00000533. The van der Waals surface area contributed by atoms with Gasteiger partial charge in [0.1, 0.15) is 11.4 Å². The number of hydrogen-bond donors (Lipinski definition) is 4. The van der Waals surface area contributed by atoms with Gasteiger partial charge in [-0.1, -0.05) is 13.8 Å². The van der Waals surface area contributed by atoms with Gasteiger partial charge in [0.2, 0.25) is 21.9 Å². The van der Waals surface area contributed by atoms with Crippen molar-refractivity contribution >= 4 is 39.1 Å². The maximum Gasteiger partial charge on any atom is 0.421 e. The van der Waals surface area contributed by atoms with Crippen molar-refractivity contribution in [2.24, 2.45) is 5.92 Å². The Bertz CT molecular complexity index is 1240. The lowest BCUT2D eigenvalue weighted by molar-refractivity contribution is -0.137. The van der Waals surface area contributed by atoms with Crippen LogP contribution < -0.4 is 20.7 Å². The van der Waals surface area contributed by atoms with Crippen LogP contribution in [0.1, 0.15) is 46.1 Å². The third-order valence-electron chi connectivity index (χ3n) is 5.47. The van der Waals surface area contributed by atoms with Crippen LogP contribution in [0.2, 0.25) is 0 Å². The molecule has 9 nitrogen and oxygen atoms in total. The lowest BCUT2D eigenvalue weighted by Gasteiger charge is -2.24. The lowest BCUT2D eigenvalue weighted by Crippen LogP contribution is -2.41. The van der Waals surface area contributed by atoms with Gasteiger partial charge in [0, 0.05) is 29.7 Å². The molecule has 0 saturated heterocycles. The topological polar surface area (TPSA) is 125 Å². The highest BCUT2D eigenvalue weighted by Gasteiger charge is 2.39. The van der Waals surface area contributed by atoms with Crippen molar-refractivity contribution in [3.05, 3.63) is 36.0 Å². The number of nitrogens with one attached hydrogen (secondary N) is 4. The van der Waals surface area contributed by atoms with Gasteiger partial charge in [-0.3, -0.25) is 9.52 Å². The molecular formula is C23H30F6N6O3S. The Hall–Kier alpha value is -3.30. The molecule has 1 fully saturated rings. The quantitative estimate of drug-likeness (QED) is 0.296. The molecule has 218 valence electrons. The van der Waals surface area contributed by atoms with Gasteiger partial charge in [-0.25, -0.2) is 13.4 Å². The molecule has 4 N–H and O–H groups in total. The summed E-state index contributed by atoms with van der Waals surface area (Å²) in [6.45, 7) is 3.56. The summed E-state index contributed by atoms with van der Waals surface area (Å²) < 4.78 is 103. The Kier molecular flexibility index (Phi) is 10.0. The van der Waals surface area contributed by atoms with Crippen LogP contribution in [0.3, 0.4) is 0 Å². The molecule has 3 rings (SSSR count). The first kappa shape index (κ1) is 31.9. The minimum absolute atomic E-state index is 0. The minimum atomic E-state index is -4.92. The van der Waals surface area contributed by atoms with Gasteiger partial charge < -0.3 is 16.0 Å². The van der Waals surface area contributed by atoms with E-state index in [4.69, 9.17) is 0 Å². The third kappa shape index (κ3) is 9.44. The molecule has 1 aliphatic carbocycles. The van der Waals surface area contributed by atoms with Crippen molar-refractivity contribution in [3.63, 3.8) is 0 Å². The molecule has 2 aromatic rings. The second-order valence-electron chi connectivity index (χ2n) is 9.08. The number of aromatic nitrogens is 2. The van der Waals surface area contributed by atoms with Gasteiger partial charge >= 0.3 is 12.4 Å². The first-order valence-corrected chi connectivity index (χ1v) is 13.1. The number of nitrogens with zero attached hydrogens (tertiary/aromatic N) is 2. The third-order valence-corrected chi connectivity index (χ3v) is 6.72. The number of amides is 1. The molecule has 1 amide bonds. The Labute approximate surface area is 222 Å². The van der Waals surface area contributed by atoms with Gasteiger partial charge in [-0.15, -0.1) is 0 Å². The number of alkyl halides is 6. The maximum atomic E-state index is 13.6. The van der Waals surface area contributed by atoms with Crippen LogP contribution in [0.15, 0.2) is 30.5 Å². The van der Waals surface area contributed by atoms with Crippen molar-refractivity contribution in [1.29, 1.82) is 0 Å². The zero-order valence-corrected chi connectivity index (χ0v) is 21.1. The first-order valence-electron chi connectivity index (χ1n) is 11.5. The molecule has 1 heterocycles. The molecule has 0 radical (unpaired) electrons. The molecule has 0 bridgehead atoms. The SMILES string of the molecule is C.CC(C)NC(=O)[C@H]1CCC[C@H]1Nc1nc(Nc2ccc(NS(=O)(=O)CC(F)(F)F)cc2)ncc1C(F)(F)F. The second kappa shape index (κ2) is 12.3. The van der Waals surface area contributed by atoms with Crippen LogP contribution >= 0.6 is 0 Å². The fourth-order valence-corrected chi connectivity index (χ4v) is 4.95. The molecule has 39 heavy (non-hydrogen) atoms. The number of halogens is 6. The number of hydrogen-bond acceptors (Lipinski definition) is 7. The van der Waals surface area contributed by atoms with Crippen molar-refractivity contribution < 1.29 is 39.6 Å². The van der Waals surface area contributed by atoms with Gasteiger partial charge in [0.25, 0.3) is 0 Å². The largest absolute Gasteiger partial charge is 0.421 e. The number of rotatable bonds is 9. The van der Waals surface area contributed by atoms with Crippen LogP contribution in [-0.2, 0) is 21.0 Å². The number of anilines is 4. The van der Waals surface area contributed by atoms with Crippen LogP contribution in [0.4, 0.5) is 49.5 Å².